The van der Waals surface area contributed by atoms with Gasteiger partial charge >= 0.3 is 0 Å². The molecule has 0 aliphatic heterocycles. The highest BCUT2D eigenvalue weighted by molar-refractivity contribution is 7.11. The van der Waals surface area contributed by atoms with Gasteiger partial charge in [-0.15, -0.1) is 11.3 Å². The third-order valence-corrected chi connectivity index (χ3v) is 5.60. The summed E-state index contributed by atoms with van der Waals surface area (Å²) in [5, 5.41) is 0.826. The maximum absolute atomic E-state index is 13.4. The number of nitrogens with zero attached hydrogens (tertiary/aromatic N) is 2. The van der Waals surface area contributed by atoms with E-state index >= 15 is 0 Å². The average Bonchev–Trinajstić information content (AvgIpc) is 3.08. The Balaban J connectivity index is 1.64. The van der Waals surface area contributed by atoms with Gasteiger partial charge < -0.3 is 4.98 Å². The number of rotatable bonds is 6. The molecule has 3 aromatic heterocycles. The molecule has 1 N–H and O–H groups in total. The van der Waals surface area contributed by atoms with Gasteiger partial charge in [-0.05, 0) is 66.4 Å². The predicted molar refractivity (Wildman–Crippen MR) is 111 cm³/mol. The molecule has 0 spiro atoms. The number of pyridine rings is 2. The molecule has 3 heterocycles. The van der Waals surface area contributed by atoms with E-state index in [0.717, 1.165) is 17.5 Å². The third-order valence-electron chi connectivity index (χ3n) is 4.61. The first-order valence-corrected chi connectivity index (χ1v) is 9.86. The number of hydrogen-bond acceptors (Lipinski definition) is 4. The molecule has 0 aliphatic carbocycles. The smallest absolute Gasteiger partial charge is 0.252 e. The Morgan fingerprint density at radius 3 is 2.61 bits per heavy atom. The lowest BCUT2D eigenvalue weighted by Gasteiger charge is -2.22. The van der Waals surface area contributed by atoms with Crippen molar-refractivity contribution in [2.45, 2.75) is 26.6 Å². The summed E-state index contributed by atoms with van der Waals surface area (Å²) >= 11 is 1.76. The van der Waals surface area contributed by atoms with Gasteiger partial charge in [0.15, 0.2) is 0 Å². The summed E-state index contributed by atoms with van der Waals surface area (Å²) in [4.78, 5) is 24.2. The second kappa shape index (κ2) is 8.04. The Hall–Kier alpha value is -2.83. The van der Waals surface area contributed by atoms with Crippen LogP contribution in [0, 0.1) is 12.7 Å². The minimum atomic E-state index is -0.358. The Morgan fingerprint density at radius 1 is 1.04 bits per heavy atom. The van der Waals surface area contributed by atoms with Crippen LogP contribution in [0.2, 0.25) is 0 Å². The fraction of sp³-hybridized carbons (Fsp3) is 0.182. The number of halogens is 1. The van der Waals surface area contributed by atoms with Crippen LogP contribution < -0.4 is 5.56 Å². The standard InChI is InChI=1S/C22H20FN3OS/c1-15-2-5-20(28-15)14-26(12-16-6-8-24-9-7-16)13-18-10-17-3-4-19(23)11-21(17)25-22(18)27/h2-11H,12-14H2,1H3,(H,25,27). The van der Waals surface area contributed by atoms with E-state index in [1.807, 2.05) is 18.2 Å². The van der Waals surface area contributed by atoms with E-state index in [2.05, 4.69) is 33.9 Å². The summed E-state index contributed by atoms with van der Waals surface area (Å²) in [6.45, 7) is 4.05. The Morgan fingerprint density at radius 2 is 1.86 bits per heavy atom. The number of fused-ring (bicyclic) bond motifs is 1. The lowest BCUT2D eigenvalue weighted by molar-refractivity contribution is 0.249. The molecule has 1 aromatic carbocycles. The summed E-state index contributed by atoms with van der Waals surface area (Å²) in [7, 11) is 0. The van der Waals surface area contributed by atoms with Gasteiger partial charge in [-0.2, -0.15) is 0 Å². The normalized spacial score (nSPS) is 11.4. The summed E-state index contributed by atoms with van der Waals surface area (Å²) in [5.41, 5.74) is 2.15. The SMILES string of the molecule is Cc1ccc(CN(Cc2ccncc2)Cc2cc3ccc(F)cc3[nH]c2=O)s1. The molecule has 4 rings (SSSR count). The van der Waals surface area contributed by atoms with Crippen molar-refractivity contribution in [3.05, 3.63) is 98.0 Å². The molecule has 0 saturated carbocycles. The lowest BCUT2D eigenvalue weighted by atomic mass is 10.1. The van der Waals surface area contributed by atoms with Crippen molar-refractivity contribution in [1.29, 1.82) is 0 Å². The minimum absolute atomic E-state index is 0.180. The number of benzene rings is 1. The fourth-order valence-corrected chi connectivity index (χ4v) is 4.21. The molecule has 0 aliphatic rings. The topological polar surface area (TPSA) is 49.0 Å². The monoisotopic (exact) mass is 393 g/mol. The van der Waals surface area contributed by atoms with Crippen molar-refractivity contribution >= 4 is 22.2 Å². The Labute approximate surface area is 166 Å². The van der Waals surface area contributed by atoms with Crippen LogP contribution in [-0.4, -0.2) is 14.9 Å². The van der Waals surface area contributed by atoms with Gasteiger partial charge in [0.05, 0.1) is 5.52 Å². The summed E-state index contributed by atoms with van der Waals surface area (Å²) in [6, 6.07) is 14.5. The maximum Gasteiger partial charge on any atom is 0.252 e. The molecule has 142 valence electrons. The van der Waals surface area contributed by atoms with Crippen LogP contribution in [0.3, 0.4) is 0 Å². The minimum Gasteiger partial charge on any atom is -0.322 e. The van der Waals surface area contributed by atoms with Gasteiger partial charge in [0.1, 0.15) is 5.82 Å². The highest BCUT2D eigenvalue weighted by atomic mass is 32.1. The molecule has 4 aromatic rings. The van der Waals surface area contributed by atoms with Crippen LogP contribution in [0.25, 0.3) is 10.9 Å². The van der Waals surface area contributed by atoms with E-state index in [1.54, 1.807) is 29.8 Å². The van der Waals surface area contributed by atoms with Crippen LogP contribution in [0.4, 0.5) is 4.39 Å². The molecule has 4 nitrogen and oxygen atoms in total. The van der Waals surface area contributed by atoms with E-state index in [0.29, 0.717) is 24.2 Å². The first-order chi connectivity index (χ1) is 13.6. The van der Waals surface area contributed by atoms with E-state index in [9.17, 15) is 9.18 Å². The van der Waals surface area contributed by atoms with E-state index in [-0.39, 0.29) is 11.4 Å². The Kier molecular flexibility index (Phi) is 5.32. The number of H-pyrrole nitrogens is 1. The average molecular weight is 393 g/mol. The van der Waals surface area contributed by atoms with Gasteiger partial charge in [0, 0.05) is 47.3 Å². The van der Waals surface area contributed by atoms with Crippen molar-refractivity contribution in [2.75, 3.05) is 0 Å². The molecule has 0 amide bonds. The van der Waals surface area contributed by atoms with Crippen LogP contribution in [0.5, 0.6) is 0 Å². The fourth-order valence-electron chi connectivity index (χ4n) is 3.28. The summed E-state index contributed by atoms with van der Waals surface area (Å²) in [5.74, 6) is -0.358. The van der Waals surface area contributed by atoms with Crippen molar-refractivity contribution in [1.82, 2.24) is 14.9 Å². The van der Waals surface area contributed by atoms with Crippen molar-refractivity contribution in [2.24, 2.45) is 0 Å². The molecule has 28 heavy (non-hydrogen) atoms. The van der Waals surface area contributed by atoms with Gasteiger partial charge in [0.25, 0.3) is 5.56 Å². The molecule has 0 saturated heterocycles. The summed E-state index contributed by atoms with van der Waals surface area (Å²) in [6.07, 6.45) is 3.56. The zero-order valence-electron chi connectivity index (χ0n) is 15.5. The maximum atomic E-state index is 13.4. The molecule has 0 fully saturated rings. The highest BCUT2D eigenvalue weighted by Gasteiger charge is 2.13. The van der Waals surface area contributed by atoms with E-state index in [4.69, 9.17) is 0 Å². The van der Waals surface area contributed by atoms with E-state index < -0.39 is 0 Å². The van der Waals surface area contributed by atoms with Crippen LogP contribution in [0.15, 0.2) is 65.7 Å². The lowest BCUT2D eigenvalue weighted by Crippen LogP contribution is -2.26. The number of nitrogens with one attached hydrogen (secondary N) is 1. The van der Waals surface area contributed by atoms with Gasteiger partial charge in [-0.25, -0.2) is 4.39 Å². The molecule has 0 unspecified atom stereocenters. The second-order valence-electron chi connectivity index (χ2n) is 6.87. The zero-order chi connectivity index (χ0) is 19.5. The van der Waals surface area contributed by atoms with Crippen LogP contribution in [0.1, 0.15) is 20.9 Å². The predicted octanol–water partition coefficient (Wildman–Crippen LogP) is 4.63. The Bertz CT molecular complexity index is 1150. The number of thiophene rings is 1. The summed E-state index contributed by atoms with van der Waals surface area (Å²) < 4.78 is 13.4. The molecular weight excluding hydrogens is 373 g/mol. The van der Waals surface area contributed by atoms with Crippen molar-refractivity contribution < 1.29 is 4.39 Å². The van der Waals surface area contributed by atoms with Crippen LogP contribution >= 0.6 is 11.3 Å². The molecule has 0 bridgehead atoms. The largest absolute Gasteiger partial charge is 0.322 e. The van der Waals surface area contributed by atoms with Gasteiger partial charge in [-0.3, -0.25) is 14.7 Å². The van der Waals surface area contributed by atoms with Crippen molar-refractivity contribution in [3.8, 4) is 0 Å². The van der Waals surface area contributed by atoms with Crippen molar-refractivity contribution in [3.63, 3.8) is 0 Å². The number of aromatic amines is 1. The molecule has 0 atom stereocenters. The second-order valence-corrected chi connectivity index (χ2v) is 8.24. The number of aryl methyl sites for hydroxylation is 1. The van der Waals surface area contributed by atoms with E-state index in [1.165, 1.54) is 21.9 Å². The number of aromatic nitrogens is 2. The first-order valence-electron chi connectivity index (χ1n) is 9.05. The first kappa shape index (κ1) is 18.5. The molecule has 0 radical (unpaired) electrons. The van der Waals surface area contributed by atoms with Gasteiger partial charge in [-0.1, -0.05) is 0 Å². The highest BCUT2D eigenvalue weighted by Crippen LogP contribution is 2.20. The third kappa shape index (κ3) is 4.35. The number of hydrogen-bond donors (Lipinski definition) is 1. The quantitative estimate of drug-likeness (QED) is 0.519. The van der Waals surface area contributed by atoms with Gasteiger partial charge in [0.2, 0.25) is 0 Å². The molecular formula is C22H20FN3OS. The zero-order valence-corrected chi connectivity index (χ0v) is 16.3. The van der Waals surface area contributed by atoms with Crippen LogP contribution in [-0.2, 0) is 19.6 Å². The molecule has 6 heteroatoms.